The number of halogens is 1. The summed E-state index contributed by atoms with van der Waals surface area (Å²) in [5.41, 5.74) is 3.19. The molecule has 2 aromatic heterocycles. The fourth-order valence-electron chi connectivity index (χ4n) is 2.77. The first-order valence-corrected chi connectivity index (χ1v) is 10.2. The largest absolute Gasteiger partial charge is 0.338 e. The van der Waals surface area contributed by atoms with Crippen LogP contribution >= 0.6 is 23.4 Å². The number of hydrogen-bond acceptors (Lipinski definition) is 6. The zero-order valence-electron chi connectivity index (χ0n) is 15.5. The van der Waals surface area contributed by atoms with Gasteiger partial charge in [-0.2, -0.15) is 4.98 Å². The molecule has 0 spiro atoms. The van der Waals surface area contributed by atoms with Crippen molar-refractivity contribution in [2.24, 2.45) is 0 Å². The van der Waals surface area contributed by atoms with Gasteiger partial charge in [-0.1, -0.05) is 47.6 Å². The van der Waals surface area contributed by atoms with Crippen LogP contribution in [0.15, 0.2) is 58.2 Å². The van der Waals surface area contributed by atoms with Crippen LogP contribution in [-0.4, -0.2) is 24.9 Å². The highest BCUT2D eigenvalue weighted by atomic mass is 35.5. The summed E-state index contributed by atoms with van der Waals surface area (Å²) in [5, 5.41) is 14.0. The van der Waals surface area contributed by atoms with Gasteiger partial charge < -0.3 is 4.52 Å². The van der Waals surface area contributed by atoms with Gasteiger partial charge in [0.2, 0.25) is 11.7 Å². The third-order valence-electron chi connectivity index (χ3n) is 4.29. The summed E-state index contributed by atoms with van der Waals surface area (Å²) < 4.78 is 7.41. The van der Waals surface area contributed by atoms with E-state index in [2.05, 4.69) is 51.5 Å². The van der Waals surface area contributed by atoms with Crippen molar-refractivity contribution in [3.8, 4) is 17.1 Å². The quantitative estimate of drug-likeness (QED) is 0.409. The maximum absolute atomic E-state index is 5.92. The van der Waals surface area contributed by atoms with E-state index >= 15 is 0 Å². The fraction of sp³-hybridized carbons (Fsp3) is 0.200. The van der Waals surface area contributed by atoms with Gasteiger partial charge in [0.25, 0.3) is 0 Å². The topological polar surface area (TPSA) is 69.6 Å². The molecular formula is C20H18ClN5OS. The molecule has 28 heavy (non-hydrogen) atoms. The Hall–Kier alpha value is -2.64. The maximum Gasteiger partial charge on any atom is 0.237 e. The van der Waals surface area contributed by atoms with Crippen LogP contribution in [0.3, 0.4) is 0 Å². The highest BCUT2D eigenvalue weighted by molar-refractivity contribution is 7.98. The van der Waals surface area contributed by atoms with E-state index in [0.717, 1.165) is 28.7 Å². The van der Waals surface area contributed by atoms with Crippen LogP contribution in [0.2, 0.25) is 5.02 Å². The highest BCUT2D eigenvalue weighted by Gasteiger charge is 2.14. The van der Waals surface area contributed by atoms with Crippen molar-refractivity contribution >= 4 is 23.4 Å². The van der Waals surface area contributed by atoms with Crippen molar-refractivity contribution in [3.05, 3.63) is 70.8 Å². The minimum atomic E-state index is 0.506. The lowest BCUT2D eigenvalue weighted by atomic mass is 10.1. The van der Waals surface area contributed by atoms with Crippen molar-refractivity contribution in [1.29, 1.82) is 0 Å². The molecule has 0 saturated carbocycles. The summed E-state index contributed by atoms with van der Waals surface area (Å²) in [7, 11) is 0. The predicted molar refractivity (Wildman–Crippen MR) is 110 cm³/mol. The van der Waals surface area contributed by atoms with Crippen molar-refractivity contribution in [3.63, 3.8) is 0 Å². The Bertz CT molecular complexity index is 1070. The van der Waals surface area contributed by atoms with Crippen molar-refractivity contribution in [1.82, 2.24) is 24.9 Å². The molecule has 0 radical (unpaired) electrons. The number of hydrogen-bond donors (Lipinski definition) is 0. The van der Waals surface area contributed by atoms with Crippen LogP contribution in [0.25, 0.3) is 17.1 Å². The van der Waals surface area contributed by atoms with Gasteiger partial charge in [0.05, 0.1) is 5.75 Å². The van der Waals surface area contributed by atoms with Crippen molar-refractivity contribution < 1.29 is 4.52 Å². The maximum atomic E-state index is 5.92. The SMILES string of the molecule is CCc1ccc(-n2c(C)nnc2SCc2nc(-c3ccc(Cl)cc3)no2)cc1. The van der Waals surface area contributed by atoms with E-state index in [4.69, 9.17) is 16.1 Å². The third-order valence-corrected chi connectivity index (χ3v) is 5.46. The first-order chi connectivity index (χ1) is 13.6. The Labute approximate surface area is 172 Å². The van der Waals surface area contributed by atoms with Crippen LogP contribution in [0, 0.1) is 6.92 Å². The summed E-state index contributed by atoms with van der Waals surface area (Å²) in [6.07, 6.45) is 1.01. The van der Waals surface area contributed by atoms with Gasteiger partial charge in [-0.05, 0) is 55.3 Å². The molecule has 0 aliphatic rings. The number of aryl methyl sites for hydroxylation is 2. The molecule has 0 N–H and O–H groups in total. The normalized spacial score (nSPS) is 11.1. The average Bonchev–Trinajstić information content (AvgIpc) is 3.34. The van der Waals surface area contributed by atoms with Crippen LogP contribution < -0.4 is 0 Å². The van der Waals surface area contributed by atoms with E-state index < -0.39 is 0 Å². The average molecular weight is 412 g/mol. The second-order valence-electron chi connectivity index (χ2n) is 6.19. The smallest absolute Gasteiger partial charge is 0.237 e. The van der Waals surface area contributed by atoms with E-state index in [1.54, 1.807) is 12.1 Å². The zero-order chi connectivity index (χ0) is 19.5. The molecule has 8 heteroatoms. The van der Waals surface area contributed by atoms with E-state index in [1.807, 2.05) is 23.6 Å². The number of thioether (sulfide) groups is 1. The van der Waals surface area contributed by atoms with Gasteiger partial charge in [-0.25, -0.2) is 0 Å². The van der Waals surface area contributed by atoms with Gasteiger partial charge in [0.1, 0.15) is 5.82 Å². The summed E-state index contributed by atoms with van der Waals surface area (Å²) in [6.45, 7) is 4.08. The molecule has 0 atom stereocenters. The number of rotatable bonds is 6. The van der Waals surface area contributed by atoms with Crippen molar-refractivity contribution in [2.45, 2.75) is 31.2 Å². The molecular weight excluding hydrogens is 394 g/mol. The summed E-state index contributed by atoms with van der Waals surface area (Å²) in [5.74, 6) is 2.41. The standard InChI is InChI=1S/C20H18ClN5OS/c1-3-14-4-10-17(11-5-14)26-13(2)23-24-20(26)28-12-18-22-19(25-27-18)15-6-8-16(21)9-7-15/h4-11H,3,12H2,1-2H3. The lowest BCUT2D eigenvalue weighted by Gasteiger charge is -2.08. The molecule has 142 valence electrons. The zero-order valence-corrected chi connectivity index (χ0v) is 17.0. The Kier molecular flexibility index (Phi) is 5.45. The van der Waals surface area contributed by atoms with Crippen LogP contribution in [0.1, 0.15) is 24.2 Å². The molecule has 6 nitrogen and oxygen atoms in total. The molecule has 2 heterocycles. The van der Waals surface area contributed by atoms with Crippen molar-refractivity contribution in [2.75, 3.05) is 0 Å². The minimum Gasteiger partial charge on any atom is -0.338 e. The molecule has 4 rings (SSSR count). The molecule has 0 fully saturated rings. The highest BCUT2D eigenvalue weighted by Crippen LogP contribution is 2.26. The van der Waals surface area contributed by atoms with Gasteiger partial charge in [-0.15, -0.1) is 10.2 Å². The van der Waals surface area contributed by atoms with Crippen LogP contribution in [-0.2, 0) is 12.2 Å². The second-order valence-corrected chi connectivity index (χ2v) is 7.57. The Balaban J connectivity index is 1.51. The molecule has 4 aromatic rings. The Morgan fingerprint density at radius 1 is 1.04 bits per heavy atom. The first kappa shape index (κ1) is 18.7. The second kappa shape index (κ2) is 8.16. The predicted octanol–water partition coefficient (Wildman–Crippen LogP) is 5.13. The fourth-order valence-corrected chi connectivity index (χ4v) is 3.73. The number of nitrogens with zero attached hydrogens (tertiary/aromatic N) is 5. The lowest BCUT2D eigenvalue weighted by Crippen LogP contribution is -1.99. The van der Waals surface area contributed by atoms with E-state index in [1.165, 1.54) is 17.3 Å². The molecule has 0 amide bonds. The molecule has 0 aliphatic heterocycles. The van der Waals surface area contributed by atoms with E-state index in [-0.39, 0.29) is 0 Å². The van der Waals surface area contributed by atoms with Gasteiger partial charge >= 0.3 is 0 Å². The van der Waals surface area contributed by atoms with E-state index in [0.29, 0.717) is 22.5 Å². The molecule has 0 saturated heterocycles. The molecule has 2 aromatic carbocycles. The molecule has 0 unspecified atom stereocenters. The van der Waals surface area contributed by atoms with Crippen LogP contribution in [0.4, 0.5) is 0 Å². The van der Waals surface area contributed by atoms with E-state index in [9.17, 15) is 0 Å². The summed E-state index contributed by atoms with van der Waals surface area (Å²) in [6, 6.07) is 15.8. The van der Waals surface area contributed by atoms with Crippen LogP contribution in [0.5, 0.6) is 0 Å². The monoisotopic (exact) mass is 411 g/mol. The number of benzene rings is 2. The lowest BCUT2D eigenvalue weighted by molar-refractivity contribution is 0.391. The third kappa shape index (κ3) is 3.95. The Morgan fingerprint density at radius 3 is 2.50 bits per heavy atom. The summed E-state index contributed by atoms with van der Waals surface area (Å²) in [4.78, 5) is 4.46. The first-order valence-electron chi connectivity index (χ1n) is 8.86. The Morgan fingerprint density at radius 2 is 1.79 bits per heavy atom. The molecule has 0 bridgehead atoms. The minimum absolute atomic E-state index is 0.506. The molecule has 0 aliphatic carbocycles. The number of aromatic nitrogens is 5. The van der Waals surface area contributed by atoms with Gasteiger partial charge in [-0.3, -0.25) is 4.57 Å². The van der Waals surface area contributed by atoms with Gasteiger partial charge in [0, 0.05) is 16.3 Å². The van der Waals surface area contributed by atoms with Gasteiger partial charge in [0.15, 0.2) is 5.16 Å². The summed E-state index contributed by atoms with van der Waals surface area (Å²) >= 11 is 7.43.